The van der Waals surface area contributed by atoms with Crippen molar-refractivity contribution in [3.63, 3.8) is 0 Å². The Morgan fingerprint density at radius 2 is 1.92 bits per heavy atom. The van der Waals surface area contributed by atoms with E-state index in [0.717, 1.165) is 30.6 Å². The minimum Gasteiger partial charge on any atom is -0.456 e. The lowest BCUT2D eigenvalue weighted by atomic mass is 9.87. The van der Waals surface area contributed by atoms with Crippen LogP contribution in [-0.4, -0.2) is 29.0 Å². The monoisotopic (exact) mass is 347 g/mol. The Hall–Kier alpha value is -1.78. The van der Waals surface area contributed by atoms with Crippen LogP contribution in [-0.2, 0) is 6.42 Å². The number of benzene rings is 1. The Balaban J connectivity index is 1.58. The second-order valence-electron chi connectivity index (χ2n) is 6.25. The van der Waals surface area contributed by atoms with Crippen LogP contribution in [0, 0.1) is 5.92 Å². The van der Waals surface area contributed by atoms with Gasteiger partial charge in [-0.05, 0) is 48.6 Å². The summed E-state index contributed by atoms with van der Waals surface area (Å²) in [5.74, 6) is 1.32. The van der Waals surface area contributed by atoms with Crippen LogP contribution in [0.3, 0.4) is 0 Å². The minimum absolute atomic E-state index is 0.0610. The number of furan rings is 1. The van der Waals surface area contributed by atoms with E-state index >= 15 is 0 Å². The Labute approximate surface area is 147 Å². The van der Waals surface area contributed by atoms with Crippen LogP contribution < -0.4 is 0 Å². The molecule has 0 bridgehead atoms. The lowest BCUT2D eigenvalue weighted by molar-refractivity contribution is 0.0441. The Bertz CT molecular complexity index is 687. The Kier molecular flexibility index (Phi) is 5.27. The van der Waals surface area contributed by atoms with Crippen molar-refractivity contribution in [1.82, 2.24) is 4.90 Å². The first-order valence-corrected chi connectivity index (χ1v) is 8.77. The summed E-state index contributed by atoms with van der Waals surface area (Å²) in [6, 6.07) is 10.9. The number of piperidine rings is 1. The van der Waals surface area contributed by atoms with Crippen LogP contribution in [0.25, 0.3) is 0 Å². The highest BCUT2D eigenvalue weighted by atomic mass is 35.5. The van der Waals surface area contributed by atoms with Crippen molar-refractivity contribution in [1.29, 1.82) is 0 Å². The number of aryl methyl sites for hydroxylation is 1. The van der Waals surface area contributed by atoms with Crippen LogP contribution in [0.4, 0.5) is 0 Å². The standard InChI is InChI=1S/C19H22ClNO3/c1-2-16-7-8-17(24-16)19(23)21-11-9-14(10-12-21)18(22)13-3-5-15(20)6-4-13/h3-8,14,18,22H,2,9-12H2,1H3. The summed E-state index contributed by atoms with van der Waals surface area (Å²) in [5, 5.41) is 11.2. The van der Waals surface area contributed by atoms with Crippen molar-refractivity contribution in [2.75, 3.05) is 13.1 Å². The molecule has 2 heterocycles. The van der Waals surface area contributed by atoms with Gasteiger partial charge in [-0.2, -0.15) is 0 Å². The van der Waals surface area contributed by atoms with Crippen LogP contribution in [0.15, 0.2) is 40.8 Å². The van der Waals surface area contributed by atoms with E-state index in [2.05, 4.69) is 0 Å². The number of rotatable bonds is 4. The maximum Gasteiger partial charge on any atom is 0.289 e. The van der Waals surface area contributed by atoms with Gasteiger partial charge in [-0.3, -0.25) is 4.79 Å². The number of carbonyl (C=O) groups is 1. The fourth-order valence-electron chi connectivity index (χ4n) is 3.19. The first kappa shape index (κ1) is 17.1. The predicted octanol–water partition coefficient (Wildman–Crippen LogP) is 4.08. The maximum atomic E-state index is 12.5. The molecule has 2 aromatic rings. The highest BCUT2D eigenvalue weighted by Crippen LogP contribution is 2.31. The van der Waals surface area contributed by atoms with Gasteiger partial charge in [-0.1, -0.05) is 30.7 Å². The highest BCUT2D eigenvalue weighted by Gasteiger charge is 2.29. The first-order valence-electron chi connectivity index (χ1n) is 8.40. The SMILES string of the molecule is CCc1ccc(C(=O)N2CCC(C(O)c3ccc(Cl)cc3)CC2)o1. The minimum atomic E-state index is -0.519. The fraction of sp³-hybridized carbons (Fsp3) is 0.421. The number of carbonyl (C=O) groups excluding carboxylic acids is 1. The summed E-state index contributed by atoms with van der Waals surface area (Å²) in [5.41, 5.74) is 0.878. The molecule has 1 atom stereocenters. The summed E-state index contributed by atoms with van der Waals surface area (Å²) in [6.45, 7) is 3.27. The second-order valence-corrected chi connectivity index (χ2v) is 6.68. The van der Waals surface area contributed by atoms with Crippen molar-refractivity contribution in [2.45, 2.75) is 32.3 Å². The fourth-order valence-corrected chi connectivity index (χ4v) is 3.32. The number of aliphatic hydroxyl groups is 1. The van der Waals surface area contributed by atoms with E-state index in [4.69, 9.17) is 16.0 Å². The van der Waals surface area contributed by atoms with Gasteiger partial charge in [0.1, 0.15) is 5.76 Å². The summed E-state index contributed by atoms with van der Waals surface area (Å²) < 4.78 is 5.55. The van der Waals surface area contributed by atoms with E-state index in [-0.39, 0.29) is 11.8 Å². The van der Waals surface area contributed by atoms with Gasteiger partial charge in [-0.25, -0.2) is 0 Å². The molecule has 1 aliphatic rings. The third-order valence-electron chi connectivity index (χ3n) is 4.71. The van der Waals surface area contributed by atoms with Gasteiger partial charge >= 0.3 is 0 Å². The normalized spacial score (nSPS) is 17.0. The number of amides is 1. The van der Waals surface area contributed by atoms with Gasteiger partial charge in [-0.15, -0.1) is 0 Å². The molecule has 1 fully saturated rings. The van der Waals surface area contributed by atoms with Crippen LogP contribution in [0.2, 0.25) is 5.02 Å². The van der Waals surface area contributed by atoms with Crippen molar-refractivity contribution in [3.05, 3.63) is 58.5 Å². The largest absolute Gasteiger partial charge is 0.456 e. The van der Waals surface area contributed by atoms with Crippen LogP contribution in [0.5, 0.6) is 0 Å². The Morgan fingerprint density at radius 3 is 2.50 bits per heavy atom. The highest BCUT2D eigenvalue weighted by molar-refractivity contribution is 6.30. The maximum absolute atomic E-state index is 12.5. The van der Waals surface area contributed by atoms with E-state index in [1.165, 1.54) is 0 Å². The van der Waals surface area contributed by atoms with Gasteiger partial charge in [0.05, 0.1) is 6.10 Å². The van der Waals surface area contributed by atoms with Crippen molar-refractivity contribution in [3.8, 4) is 0 Å². The van der Waals surface area contributed by atoms with Crippen LogP contribution in [0.1, 0.15) is 47.7 Å². The zero-order valence-corrected chi connectivity index (χ0v) is 14.5. The molecule has 1 amide bonds. The van der Waals surface area contributed by atoms with Gasteiger partial charge in [0.25, 0.3) is 5.91 Å². The molecule has 1 aromatic heterocycles. The summed E-state index contributed by atoms with van der Waals surface area (Å²) in [7, 11) is 0. The van der Waals surface area contributed by atoms with Crippen molar-refractivity contribution < 1.29 is 14.3 Å². The summed E-state index contributed by atoms with van der Waals surface area (Å²) >= 11 is 5.89. The second kappa shape index (κ2) is 7.41. The first-order chi connectivity index (χ1) is 11.6. The van der Waals surface area contributed by atoms with E-state index in [1.54, 1.807) is 18.2 Å². The molecule has 0 aliphatic carbocycles. The van der Waals surface area contributed by atoms with E-state index in [1.807, 2.05) is 30.0 Å². The number of likely N-dealkylation sites (tertiary alicyclic amines) is 1. The molecule has 5 heteroatoms. The number of nitrogens with zero attached hydrogens (tertiary/aromatic N) is 1. The molecule has 4 nitrogen and oxygen atoms in total. The smallest absolute Gasteiger partial charge is 0.289 e. The van der Waals surface area contributed by atoms with E-state index < -0.39 is 6.10 Å². The van der Waals surface area contributed by atoms with Gasteiger partial charge in [0, 0.05) is 24.5 Å². The third-order valence-corrected chi connectivity index (χ3v) is 4.96. The van der Waals surface area contributed by atoms with Gasteiger partial charge in [0.2, 0.25) is 0 Å². The Morgan fingerprint density at radius 1 is 1.25 bits per heavy atom. The number of halogens is 1. The molecule has 1 unspecified atom stereocenters. The molecular formula is C19H22ClNO3. The lowest BCUT2D eigenvalue weighted by Gasteiger charge is -2.34. The molecule has 1 saturated heterocycles. The van der Waals surface area contributed by atoms with Gasteiger partial charge in [0.15, 0.2) is 5.76 Å². The predicted molar refractivity (Wildman–Crippen MR) is 93.1 cm³/mol. The zero-order valence-electron chi connectivity index (χ0n) is 13.7. The molecule has 1 N–H and O–H groups in total. The molecule has 1 aliphatic heterocycles. The number of hydrogen-bond donors (Lipinski definition) is 1. The van der Waals surface area contributed by atoms with Crippen molar-refractivity contribution in [2.24, 2.45) is 5.92 Å². The molecule has 3 rings (SSSR count). The summed E-state index contributed by atoms with van der Waals surface area (Å²) in [6.07, 6.45) is 1.81. The molecule has 1 aromatic carbocycles. The molecule has 0 saturated carbocycles. The number of hydrogen-bond acceptors (Lipinski definition) is 3. The average Bonchev–Trinajstić information content (AvgIpc) is 3.10. The molecule has 24 heavy (non-hydrogen) atoms. The molecular weight excluding hydrogens is 326 g/mol. The van der Waals surface area contributed by atoms with Gasteiger partial charge < -0.3 is 14.4 Å². The average molecular weight is 348 g/mol. The molecule has 128 valence electrons. The topological polar surface area (TPSA) is 53.7 Å². The molecule has 0 spiro atoms. The van der Waals surface area contributed by atoms with Crippen molar-refractivity contribution >= 4 is 17.5 Å². The third kappa shape index (κ3) is 3.65. The van der Waals surface area contributed by atoms with E-state index in [0.29, 0.717) is 23.9 Å². The quantitative estimate of drug-likeness (QED) is 0.906. The van der Waals surface area contributed by atoms with E-state index in [9.17, 15) is 9.90 Å². The number of aliphatic hydroxyl groups excluding tert-OH is 1. The molecule has 0 radical (unpaired) electrons. The summed E-state index contributed by atoms with van der Waals surface area (Å²) in [4.78, 5) is 14.3. The lowest BCUT2D eigenvalue weighted by Crippen LogP contribution is -2.39. The zero-order chi connectivity index (χ0) is 17.1. The van der Waals surface area contributed by atoms with Crippen LogP contribution >= 0.6 is 11.6 Å².